The predicted octanol–water partition coefficient (Wildman–Crippen LogP) is 3.19. The Bertz CT molecular complexity index is 794. The fourth-order valence-corrected chi connectivity index (χ4v) is 3.89. The number of thiazole rings is 1. The predicted molar refractivity (Wildman–Crippen MR) is 92.3 cm³/mol. The van der Waals surface area contributed by atoms with Gasteiger partial charge in [0.15, 0.2) is 10.8 Å². The first-order chi connectivity index (χ1) is 11.6. The molecule has 8 heteroatoms. The molecule has 0 atom stereocenters. The Labute approximate surface area is 147 Å². The molecule has 126 valence electrons. The van der Waals surface area contributed by atoms with Crippen molar-refractivity contribution in [3.8, 4) is 10.8 Å². The summed E-state index contributed by atoms with van der Waals surface area (Å²) in [6.45, 7) is 4.26. The standard InChI is InChI=1S/C16H16N2O4S2/c1-3-21-15(20)6-14-18(13(19)9-23-14)7-11-8-24-16(17-11)12-5-4-10(2)22-12/h4-6,8H,3,7,9H2,1-2H3/b14-6+. The van der Waals surface area contributed by atoms with Gasteiger partial charge >= 0.3 is 5.97 Å². The van der Waals surface area contributed by atoms with E-state index < -0.39 is 5.97 Å². The topological polar surface area (TPSA) is 72.6 Å². The zero-order valence-electron chi connectivity index (χ0n) is 13.3. The van der Waals surface area contributed by atoms with Crippen molar-refractivity contribution in [1.29, 1.82) is 0 Å². The fraction of sp³-hybridized carbons (Fsp3) is 0.312. The number of carbonyl (C=O) groups excluding carboxylic acids is 2. The number of rotatable bonds is 5. The molecule has 0 unspecified atom stereocenters. The first-order valence-electron chi connectivity index (χ1n) is 7.39. The second kappa shape index (κ2) is 7.23. The lowest BCUT2D eigenvalue weighted by Gasteiger charge is -2.15. The highest BCUT2D eigenvalue weighted by molar-refractivity contribution is 8.04. The van der Waals surface area contributed by atoms with Crippen molar-refractivity contribution in [3.63, 3.8) is 0 Å². The number of aryl methyl sites for hydroxylation is 1. The van der Waals surface area contributed by atoms with E-state index >= 15 is 0 Å². The van der Waals surface area contributed by atoms with E-state index in [-0.39, 0.29) is 5.91 Å². The van der Waals surface area contributed by atoms with Crippen LogP contribution in [0, 0.1) is 6.92 Å². The van der Waals surface area contributed by atoms with Gasteiger partial charge in [0.2, 0.25) is 5.91 Å². The van der Waals surface area contributed by atoms with Crippen LogP contribution in [0.2, 0.25) is 0 Å². The van der Waals surface area contributed by atoms with Crippen molar-refractivity contribution in [2.45, 2.75) is 20.4 Å². The van der Waals surface area contributed by atoms with Gasteiger partial charge in [0.1, 0.15) is 5.76 Å². The van der Waals surface area contributed by atoms with Gasteiger partial charge in [-0.2, -0.15) is 0 Å². The van der Waals surface area contributed by atoms with Gasteiger partial charge in [-0.1, -0.05) is 11.8 Å². The summed E-state index contributed by atoms with van der Waals surface area (Å²) in [6.07, 6.45) is 1.36. The Morgan fingerprint density at radius 2 is 2.33 bits per heavy atom. The summed E-state index contributed by atoms with van der Waals surface area (Å²) in [5.74, 6) is 1.38. The summed E-state index contributed by atoms with van der Waals surface area (Å²) >= 11 is 2.80. The fourth-order valence-electron chi connectivity index (χ4n) is 2.19. The van der Waals surface area contributed by atoms with Crippen molar-refractivity contribution in [2.24, 2.45) is 0 Å². The summed E-state index contributed by atoms with van der Waals surface area (Å²) in [4.78, 5) is 29.8. The summed E-state index contributed by atoms with van der Waals surface area (Å²) < 4.78 is 10.5. The molecule has 0 N–H and O–H groups in total. The number of hydrogen-bond donors (Lipinski definition) is 0. The van der Waals surface area contributed by atoms with E-state index in [1.165, 1.54) is 29.2 Å². The van der Waals surface area contributed by atoms with Crippen LogP contribution in [0.4, 0.5) is 0 Å². The van der Waals surface area contributed by atoms with E-state index in [9.17, 15) is 9.59 Å². The van der Waals surface area contributed by atoms with Crippen LogP contribution in [0.15, 0.2) is 33.0 Å². The molecule has 3 heterocycles. The molecule has 3 rings (SSSR count). The normalized spacial score (nSPS) is 16.2. The molecule has 1 saturated heterocycles. The average Bonchev–Trinajstić information content (AvgIpc) is 3.24. The number of esters is 1. The van der Waals surface area contributed by atoms with Crippen LogP contribution in [0.5, 0.6) is 0 Å². The lowest BCUT2D eigenvalue weighted by molar-refractivity contribution is -0.137. The van der Waals surface area contributed by atoms with Crippen LogP contribution >= 0.6 is 23.1 Å². The molecular weight excluding hydrogens is 348 g/mol. The molecule has 0 aromatic carbocycles. The smallest absolute Gasteiger partial charge is 0.333 e. The molecule has 1 aliphatic rings. The average molecular weight is 364 g/mol. The second-order valence-electron chi connectivity index (χ2n) is 5.06. The Balaban J connectivity index is 1.75. The number of aromatic nitrogens is 1. The summed E-state index contributed by atoms with van der Waals surface area (Å²) in [6, 6.07) is 3.76. The largest absolute Gasteiger partial charge is 0.463 e. The van der Waals surface area contributed by atoms with Gasteiger partial charge in [-0.05, 0) is 26.0 Å². The van der Waals surface area contributed by atoms with Gasteiger partial charge in [0, 0.05) is 5.38 Å². The number of nitrogens with zero attached hydrogens (tertiary/aromatic N) is 2. The minimum Gasteiger partial charge on any atom is -0.463 e. The van der Waals surface area contributed by atoms with Crippen LogP contribution in [-0.4, -0.2) is 34.1 Å². The number of ether oxygens (including phenoxy) is 1. The molecule has 0 saturated carbocycles. The SMILES string of the molecule is CCOC(=O)/C=C1/SCC(=O)N1Cc1csc(-c2ccc(C)o2)n1. The maximum absolute atomic E-state index is 12.1. The summed E-state index contributed by atoms with van der Waals surface area (Å²) in [5.41, 5.74) is 0.759. The van der Waals surface area contributed by atoms with Crippen LogP contribution in [0.1, 0.15) is 18.4 Å². The van der Waals surface area contributed by atoms with Crippen LogP contribution in [0.3, 0.4) is 0 Å². The highest BCUT2D eigenvalue weighted by Crippen LogP contribution is 2.32. The molecule has 1 fully saturated rings. The third-order valence-electron chi connectivity index (χ3n) is 3.26. The van der Waals surface area contributed by atoms with E-state index in [0.717, 1.165) is 16.5 Å². The number of carbonyl (C=O) groups is 2. The number of thioether (sulfide) groups is 1. The Morgan fingerprint density at radius 1 is 1.50 bits per heavy atom. The molecule has 0 radical (unpaired) electrons. The number of furan rings is 1. The molecule has 0 spiro atoms. The van der Waals surface area contributed by atoms with Gasteiger partial charge in [0.25, 0.3) is 0 Å². The van der Waals surface area contributed by atoms with Gasteiger partial charge in [-0.25, -0.2) is 9.78 Å². The Kier molecular flexibility index (Phi) is 5.06. The van der Waals surface area contributed by atoms with Crippen LogP contribution in [0.25, 0.3) is 10.8 Å². The molecular formula is C16H16N2O4S2. The van der Waals surface area contributed by atoms with Crippen LogP contribution in [-0.2, 0) is 20.9 Å². The Hall–Kier alpha value is -2.06. The molecule has 1 aliphatic heterocycles. The van der Waals surface area contributed by atoms with Crippen LogP contribution < -0.4 is 0 Å². The van der Waals surface area contributed by atoms with E-state index in [2.05, 4.69) is 4.98 Å². The molecule has 2 aromatic heterocycles. The molecule has 0 bridgehead atoms. The first kappa shape index (κ1) is 16.8. The van der Waals surface area contributed by atoms with E-state index in [4.69, 9.17) is 9.15 Å². The molecule has 0 aliphatic carbocycles. The maximum atomic E-state index is 12.1. The second-order valence-corrected chi connectivity index (χ2v) is 6.91. The van der Waals surface area contributed by atoms with Crippen molar-refractivity contribution >= 4 is 35.0 Å². The van der Waals surface area contributed by atoms with E-state index in [0.29, 0.717) is 29.7 Å². The lowest BCUT2D eigenvalue weighted by atomic mass is 10.4. The zero-order chi connectivity index (χ0) is 17.1. The van der Waals surface area contributed by atoms with Gasteiger partial charge < -0.3 is 9.15 Å². The van der Waals surface area contributed by atoms with Crippen molar-refractivity contribution in [1.82, 2.24) is 9.88 Å². The van der Waals surface area contributed by atoms with Gasteiger partial charge in [-0.3, -0.25) is 9.69 Å². The monoisotopic (exact) mass is 364 g/mol. The van der Waals surface area contributed by atoms with Crippen molar-refractivity contribution in [3.05, 3.63) is 40.1 Å². The zero-order valence-corrected chi connectivity index (χ0v) is 14.9. The minimum atomic E-state index is -0.440. The minimum absolute atomic E-state index is 0.0426. The third kappa shape index (κ3) is 3.70. The molecule has 24 heavy (non-hydrogen) atoms. The maximum Gasteiger partial charge on any atom is 0.333 e. The molecule has 1 amide bonds. The van der Waals surface area contributed by atoms with Crippen molar-refractivity contribution in [2.75, 3.05) is 12.4 Å². The number of hydrogen-bond acceptors (Lipinski definition) is 7. The third-order valence-corrected chi connectivity index (χ3v) is 5.19. The van der Waals surface area contributed by atoms with E-state index in [1.807, 2.05) is 24.4 Å². The van der Waals surface area contributed by atoms with E-state index in [1.54, 1.807) is 11.8 Å². The highest BCUT2D eigenvalue weighted by Gasteiger charge is 2.28. The first-order valence-corrected chi connectivity index (χ1v) is 9.26. The summed E-state index contributed by atoms with van der Waals surface area (Å²) in [5, 5.41) is 3.26. The molecule has 6 nitrogen and oxygen atoms in total. The summed E-state index contributed by atoms with van der Waals surface area (Å²) in [7, 11) is 0. The quantitative estimate of drug-likeness (QED) is 0.599. The van der Waals surface area contributed by atoms with Gasteiger partial charge in [0.05, 0.1) is 35.7 Å². The molecule has 2 aromatic rings. The highest BCUT2D eigenvalue weighted by atomic mass is 32.2. The number of amides is 1. The van der Waals surface area contributed by atoms with Gasteiger partial charge in [-0.15, -0.1) is 11.3 Å². The Morgan fingerprint density at radius 3 is 3.04 bits per heavy atom. The lowest BCUT2D eigenvalue weighted by Crippen LogP contribution is -2.24. The van der Waals surface area contributed by atoms with Crippen molar-refractivity contribution < 1.29 is 18.7 Å².